The average Bonchev–Trinajstić information content (AvgIpc) is 3.12. The molecule has 1 atom stereocenters. The van der Waals surface area contributed by atoms with Crippen molar-refractivity contribution in [3.8, 4) is 0 Å². The second-order valence-electron chi connectivity index (χ2n) is 6.21. The molecule has 1 aromatic rings. The maximum absolute atomic E-state index is 11.9. The second kappa shape index (κ2) is 6.37. The number of carbonyl (C=O) groups is 1. The standard InChI is InChI=1S/C14H23N3O4S/c1-14(13(18)16-19,22(2,20)21)7-8-17-10-12(9-15-17)11-5-3-4-6-11/h9-11,19H,3-8H2,1-2H3,(H,16,18)/t14-/m1/s1. The molecule has 1 aliphatic rings. The molecule has 1 heterocycles. The van der Waals surface area contributed by atoms with Crippen LogP contribution in [0.2, 0.25) is 0 Å². The number of nitrogens with zero attached hydrogens (tertiary/aromatic N) is 2. The molecule has 1 fully saturated rings. The van der Waals surface area contributed by atoms with E-state index in [1.165, 1.54) is 43.7 Å². The highest BCUT2D eigenvalue weighted by molar-refractivity contribution is 7.92. The molecule has 0 unspecified atom stereocenters. The first-order valence-corrected chi connectivity index (χ1v) is 9.33. The van der Waals surface area contributed by atoms with E-state index in [-0.39, 0.29) is 6.42 Å². The van der Waals surface area contributed by atoms with E-state index in [4.69, 9.17) is 5.21 Å². The zero-order valence-electron chi connectivity index (χ0n) is 12.9. The monoisotopic (exact) mass is 329 g/mol. The molecule has 1 saturated carbocycles. The minimum Gasteiger partial charge on any atom is -0.289 e. The van der Waals surface area contributed by atoms with Crippen molar-refractivity contribution in [1.29, 1.82) is 0 Å². The lowest BCUT2D eigenvalue weighted by Crippen LogP contribution is -2.49. The van der Waals surface area contributed by atoms with Crippen LogP contribution in [0.15, 0.2) is 12.4 Å². The Bertz CT molecular complexity index is 634. The molecule has 0 aromatic carbocycles. The lowest BCUT2D eigenvalue weighted by atomic mass is 10.0. The van der Waals surface area contributed by atoms with Crippen molar-refractivity contribution in [2.45, 2.75) is 56.2 Å². The molecule has 0 bridgehead atoms. The molecule has 7 nitrogen and oxygen atoms in total. The first-order valence-electron chi connectivity index (χ1n) is 7.44. The summed E-state index contributed by atoms with van der Waals surface area (Å²) in [6, 6.07) is 0. The lowest BCUT2D eigenvalue weighted by Gasteiger charge is -2.24. The first-order chi connectivity index (χ1) is 10.3. The van der Waals surface area contributed by atoms with Gasteiger partial charge in [0.05, 0.1) is 6.20 Å². The molecule has 2 N–H and O–H groups in total. The molecule has 0 saturated heterocycles. The average molecular weight is 329 g/mol. The Labute approximate surface area is 130 Å². The normalized spacial score (nSPS) is 19.0. The van der Waals surface area contributed by atoms with E-state index < -0.39 is 20.5 Å². The van der Waals surface area contributed by atoms with Gasteiger partial charge in [0, 0.05) is 19.0 Å². The minimum atomic E-state index is -3.67. The number of sulfone groups is 1. The maximum atomic E-state index is 11.9. The molecular formula is C14H23N3O4S. The molecule has 2 rings (SSSR count). The lowest BCUT2D eigenvalue weighted by molar-refractivity contribution is -0.131. The smallest absolute Gasteiger partial charge is 0.264 e. The third-order valence-electron chi connectivity index (χ3n) is 4.70. The third-order valence-corrected chi connectivity index (χ3v) is 6.72. The number of aryl methyl sites for hydroxylation is 1. The Hall–Kier alpha value is -1.41. The summed E-state index contributed by atoms with van der Waals surface area (Å²) in [6.07, 6.45) is 9.59. The summed E-state index contributed by atoms with van der Waals surface area (Å²) in [5.74, 6) is -0.381. The van der Waals surface area contributed by atoms with Crippen LogP contribution in [0.1, 0.15) is 50.5 Å². The summed E-state index contributed by atoms with van der Waals surface area (Å²) in [5.41, 5.74) is 2.62. The summed E-state index contributed by atoms with van der Waals surface area (Å²) in [6.45, 7) is 1.61. The molecule has 0 aliphatic heterocycles. The quantitative estimate of drug-likeness (QED) is 0.604. The highest BCUT2D eigenvalue weighted by Gasteiger charge is 2.43. The van der Waals surface area contributed by atoms with Gasteiger partial charge in [0.15, 0.2) is 14.6 Å². The topological polar surface area (TPSA) is 101 Å². The molecule has 0 radical (unpaired) electrons. The van der Waals surface area contributed by atoms with Gasteiger partial charge in [0.25, 0.3) is 5.91 Å². The van der Waals surface area contributed by atoms with Gasteiger partial charge in [0.2, 0.25) is 0 Å². The maximum Gasteiger partial charge on any atom is 0.264 e. The molecule has 1 aromatic heterocycles. The fraction of sp³-hybridized carbons (Fsp3) is 0.714. The highest BCUT2D eigenvalue weighted by atomic mass is 32.2. The van der Waals surface area contributed by atoms with Crippen molar-refractivity contribution >= 4 is 15.7 Å². The second-order valence-corrected chi connectivity index (χ2v) is 8.66. The Kier molecular flexibility index (Phi) is 4.91. The van der Waals surface area contributed by atoms with Crippen LogP contribution in [0.3, 0.4) is 0 Å². The van der Waals surface area contributed by atoms with E-state index >= 15 is 0 Å². The molecule has 1 amide bonds. The molecule has 8 heteroatoms. The number of rotatable bonds is 6. The number of amides is 1. The van der Waals surface area contributed by atoms with Crippen LogP contribution in [-0.2, 0) is 21.2 Å². The van der Waals surface area contributed by atoms with Crippen LogP contribution in [-0.4, -0.2) is 40.3 Å². The van der Waals surface area contributed by atoms with E-state index in [0.717, 1.165) is 6.26 Å². The van der Waals surface area contributed by atoms with Crippen LogP contribution in [0, 0.1) is 0 Å². The predicted molar refractivity (Wildman–Crippen MR) is 81.2 cm³/mol. The van der Waals surface area contributed by atoms with Gasteiger partial charge >= 0.3 is 0 Å². The van der Waals surface area contributed by atoms with Gasteiger partial charge < -0.3 is 0 Å². The van der Waals surface area contributed by atoms with Crippen LogP contribution >= 0.6 is 0 Å². The van der Waals surface area contributed by atoms with Gasteiger partial charge in [-0.2, -0.15) is 5.10 Å². The number of hydroxylamine groups is 1. The zero-order valence-corrected chi connectivity index (χ0v) is 13.8. The van der Waals surface area contributed by atoms with Gasteiger partial charge in [-0.05, 0) is 37.7 Å². The first kappa shape index (κ1) is 17.0. The fourth-order valence-corrected chi connectivity index (χ4v) is 3.73. The van der Waals surface area contributed by atoms with Crippen molar-refractivity contribution in [2.75, 3.05) is 6.26 Å². The van der Waals surface area contributed by atoms with Crippen molar-refractivity contribution in [3.05, 3.63) is 18.0 Å². The van der Waals surface area contributed by atoms with Crippen LogP contribution in [0.5, 0.6) is 0 Å². The van der Waals surface area contributed by atoms with E-state index in [2.05, 4.69) is 5.10 Å². The number of carbonyl (C=O) groups excluding carboxylic acids is 1. The van der Waals surface area contributed by atoms with Crippen molar-refractivity contribution < 1.29 is 18.4 Å². The summed E-state index contributed by atoms with van der Waals surface area (Å²) >= 11 is 0. The SMILES string of the molecule is C[C@@](CCn1cc(C2CCCC2)cn1)(C(=O)NO)S(C)(=O)=O. The molecule has 1 aliphatic carbocycles. The Morgan fingerprint density at radius 1 is 1.50 bits per heavy atom. The van der Waals surface area contributed by atoms with Gasteiger partial charge in [-0.1, -0.05) is 12.8 Å². The molecule has 0 spiro atoms. The number of nitrogens with one attached hydrogen (secondary N) is 1. The third kappa shape index (κ3) is 3.33. The van der Waals surface area contributed by atoms with E-state index in [0.29, 0.717) is 12.5 Å². The minimum absolute atomic E-state index is 0.0456. The van der Waals surface area contributed by atoms with Gasteiger partial charge in [-0.25, -0.2) is 13.9 Å². The van der Waals surface area contributed by atoms with Crippen molar-refractivity contribution in [1.82, 2.24) is 15.3 Å². The Morgan fingerprint density at radius 3 is 2.68 bits per heavy atom. The van der Waals surface area contributed by atoms with Crippen LogP contribution in [0.25, 0.3) is 0 Å². The number of aromatic nitrogens is 2. The highest BCUT2D eigenvalue weighted by Crippen LogP contribution is 2.33. The summed E-state index contributed by atoms with van der Waals surface area (Å²) in [5, 5.41) is 13.1. The molecular weight excluding hydrogens is 306 g/mol. The number of hydrogen-bond donors (Lipinski definition) is 2. The Morgan fingerprint density at radius 2 is 2.14 bits per heavy atom. The van der Waals surface area contributed by atoms with Crippen molar-refractivity contribution in [3.63, 3.8) is 0 Å². The van der Waals surface area contributed by atoms with Crippen LogP contribution < -0.4 is 5.48 Å². The molecule has 124 valence electrons. The summed E-state index contributed by atoms with van der Waals surface area (Å²) in [4.78, 5) is 11.7. The Balaban J connectivity index is 2.08. The van der Waals surface area contributed by atoms with E-state index in [9.17, 15) is 13.2 Å². The predicted octanol–water partition coefficient (Wildman–Crippen LogP) is 1.24. The van der Waals surface area contributed by atoms with E-state index in [1.807, 2.05) is 12.4 Å². The summed E-state index contributed by atoms with van der Waals surface area (Å²) < 4.78 is 23.8. The summed E-state index contributed by atoms with van der Waals surface area (Å²) in [7, 11) is -3.67. The largest absolute Gasteiger partial charge is 0.289 e. The zero-order chi connectivity index (χ0) is 16.4. The number of hydrogen-bond acceptors (Lipinski definition) is 5. The van der Waals surface area contributed by atoms with Gasteiger partial charge in [-0.3, -0.25) is 14.7 Å². The van der Waals surface area contributed by atoms with Crippen molar-refractivity contribution in [2.24, 2.45) is 0 Å². The van der Waals surface area contributed by atoms with Gasteiger partial charge in [-0.15, -0.1) is 0 Å². The fourth-order valence-electron chi connectivity index (χ4n) is 2.89. The van der Waals surface area contributed by atoms with Crippen LogP contribution in [0.4, 0.5) is 0 Å². The van der Waals surface area contributed by atoms with E-state index in [1.54, 1.807) is 4.68 Å². The van der Waals surface area contributed by atoms with Gasteiger partial charge in [0.1, 0.15) is 0 Å². The molecule has 22 heavy (non-hydrogen) atoms.